The molecule has 16 heavy (non-hydrogen) atoms. The minimum atomic E-state index is 0.401. The van der Waals surface area contributed by atoms with Gasteiger partial charge in [0.2, 0.25) is 0 Å². The Morgan fingerprint density at radius 1 is 1.19 bits per heavy atom. The van der Waals surface area contributed by atoms with Crippen LogP contribution in [0.15, 0.2) is 24.3 Å². The van der Waals surface area contributed by atoms with Crippen molar-refractivity contribution >= 4 is 17.3 Å². The van der Waals surface area contributed by atoms with Gasteiger partial charge >= 0.3 is 0 Å². The van der Waals surface area contributed by atoms with Crippen LogP contribution in [0.25, 0.3) is 0 Å². The van der Waals surface area contributed by atoms with E-state index in [9.17, 15) is 0 Å². The minimum Gasteiger partial charge on any atom is -0.382 e. The number of hydrogen-bond acceptors (Lipinski definition) is 1. The van der Waals surface area contributed by atoms with Crippen molar-refractivity contribution in [3.05, 3.63) is 29.3 Å². The number of halogens is 1. The lowest BCUT2D eigenvalue weighted by molar-refractivity contribution is 0.217. The van der Waals surface area contributed by atoms with E-state index >= 15 is 0 Å². The molecule has 0 radical (unpaired) electrons. The quantitative estimate of drug-likeness (QED) is 0.785. The first-order chi connectivity index (χ1) is 7.58. The average Bonchev–Trinajstić information content (AvgIpc) is 2.24. The molecule has 1 atom stereocenters. The van der Waals surface area contributed by atoms with Gasteiger partial charge in [0.25, 0.3) is 0 Å². The van der Waals surface area contributed by atoms with Crippen molar-refractivity contribution in [2.75, 3.05) is 5.32 Å². The maximum atomic E-state index is 5.88. The van der Waals surface area contributed by atoms with Crippen molar-refractivity contribution in [2.45, 2.75) is 45.6 Å². The van der Waals surface area contributed by atoms with Gasteiger partial charge in [-0.25, -0.2) is 0 Å². The highest BCUT2D eigenvalue weighted by molar-refractivity contribution is 6.30. The highest BCUT2D eigenvalue weighted by Gasteiger charge is 2.31. The lowest BCUT2D eigenvalue weighted by Gasteiger charge is -2.39. The van der Waals surface area contributed by atoms with Crippen LogP contribution in [0.5, 0.6) is 0 Å². The first-order valence-corrected chi connectivity index (χ1v) is 6.48. The third kappa shape index (κ3) is 2.70. The second-order valence-electron chi connectivity index (χ2n) is 5.44. The summed E-state index contributed by atoms with van der Waals surface area (Å²) in [6, 6.07) is 8.60. The Labute approximate surface area is 103 Å². The van der Waals surface area contributed by atoms with E-state index in [4.69, 9.17) is 11.6 Å². The summed E-state index contributed by atoms with van der Waals surface area (Å²) < 4.78 is 0. The Morgan fingerprint density at radius 2 is 1.88 bits per heavy atom. The molecule has 1 aliphatic rings. The topological polar surface area (TPSA) is 12.0 Å². The van der Waals surface area contributed by atoms with Gasteiger partial charge in [-0.2, -0.15) is 0 Å². The molecule has 1 aliphatic carbocycles. The molecule has 1 fully saturated rings. The van der Waals surface area contributed by atoms with Crippen molar-refractivity contribution in [3.8, 4) is 0 Å². The van der Waals surface area contributed by atoms with E-state index < -0.39 is 0 Å². The molecule has 0 saturated heterocycles. The molecule has 2 rings (SSSR count). The third-order valence-corrected chi connectivity index (χ3v) is 3.94. The first kappa shape index (κ1) is 11.8. The van der Waals surface area contributed by atoms with Gasteiger partial charge < -0.3 is 5.32 Å². The van der Waals surface area contributed by atoms with Crippen LogP contribution in [0.4, 0.5) is 5.69 Å². The standard InChI is InChI=1S/C14H20ClN/c1-14(2)10-4-3-5-13(14)16-12-8-6-11(15)7-9-12/h6-9,13,16H,3-5,10H2,1-2H3. The number of rotatable bonds is 2. The Kier molecular flexibility index (Phi) is 3.44. The van der Waals surface area contributed by atoms with E-state index in [1.54, 1.807) is 0 Å². The number of benzene rings is 1. The normalized spacial score (nSPS) is 24.1. The molecular formula is C14H20ClN. The molecule has 1 aromatic carbocycles. The predicted octanol–water partition coefficient (Wildman–Crippen LogP) is 4.72. The fraction of sp³-hybridized carbons (Fsp3) is 0.571. The molecule has 1 aromatic rings. The molecule has 2 heteroatoms. The van der Waals surface area contributed by atoms with Crippen LogP contribution in [0.1, 0.15) is 39.5 Å². The van der Waals surface area contributed by atoms with Crippen molar-refractivity contribution in [3.63, 3.8) is 0 Å². The van der Waals surface area contributed by atoms with E-state index in [0.717, 1.165) is 5.02 Å². The summed E-state index contributed by atoms with van der Waals surface area (Å²) in [6.07, 6.45) is 5.30. The van der Waals surface area contributed by atoms with Crippen LogP contribution in [0, 0.1) is 5.41 Å². The smallest absolute Gasteiger partial charge is 0.0407 e. The number of anilines is 1. The van der Waals surface area contributed by atoms with Crippen LogP contribution in [0.3, 0.4) is 0 Å². The SMILES string of the molecule is CC1(C)CCCCC1Nc1ccc(Cl)cc1. The van der Waals surface area contributed by atoms with Crippen molar-refractivity contribution < 1.29 is 0 Å². The zero-order valence-electron chi connectivity index (χ0n) is 10.1. The molecule has 0 heterocycles. The Bertz CT molecular complexity index is 342. The maximum absolute atomic E-state index is 5.88. The van der Waals surface area contributed by atoms with Crippen LogP contribution < -0.4 is 5.32 Å². The zero-order chi connectivity index (χ0) is 11.6. The second-order valence-corrected chi connectivity index (χ2v) is 5.87. The highest BCUT2D eigenvalue weighted by atomic mass is 35.5. The van der Waals surface area contributed by atoms with Gasteiger partial charge in [-0.15, -0.1) is 0 Å². The fourth-order valence-electron chi connectivity index (χ4n) is 2.51. The molecule has 1 N–H and O–H groups in total. The molecular weight excluding hydrogens is 218 g/mol. The summed E-state index contributed by atoms with van der Waals surface area (Å²) in [7, 11) is 0. The summed E-state index contributed by atoms with van der Waals surface area (Å²) in [5.41, 5.74) is 1.59. The van der Waals surface area contributed by atoms with Crippen LogP contribution in [-0.2, 0) is 0 Å². The zero-order valence-corrected chi connectivity index (χ0v) is 10.8. The summed E-state index contributed by atoms with van der Waals surface area (Å²) in [4.78, 5) is 0. The molecule has 0 bridgehead atoms. The van der Waals surface area contributed by atoms with Crippen LogP contribution in [0.2, 0.25) is 5.02 Å². The minimum absolute atomic E-state index is 0.401. The van der Waals surface area contributed by atoms with Crippen LogP contribution >= 0.6 is 11.6 Å². The molecule has 88 valence electrons. The predicted molar refractivity (Wildman–Crippen MR) is 71.1 cm³/mol. The Morgan fingerprint density at radius 3 is 2.50 bits per heavy atom. The van der Waals surface area contributed by atoms with Gasteiger partial charge in [-0.1, -0.05) is 38.3 Å². The van der Waals surface area contributed by atoms with Crippen molar-refractivity contribution in [1.82, 2.24) is 0 Å². The Hall–Kier alpha value is -0.690. The molecule has 0 aliphatic heterocycles. The molecule has 1 unspecified atom stereocenters. The lowest BCUT2D eigenvalue weighted by Crippen LogP contribution is -2.38. The van der Waals surface area contributed by atoms with E-state index in [1.165, 1.54) is 31.4 Å². The maximum Gasteiger partial charge on any atom is 0.0407 e. The fourth-order valence-corrected chi connectivity index (χ4v) is 2.63. The second kappa shape index (κ2) is 4.67. The summed E-state index contributed by atoms with van der Waals surface area (Å²) >= 11 is 5.88. The largest absolute Gasteiger partial charge is 0.382 e. The van der Waals surface area contributed by atoms with Crippen molar-refractivity contribution in [2.24, 2.45) is 5.41 Å². The first-order valence-electron chi connectivity index (χ1n) is 6.10. The van der Waals surface area contributed by atoms with Gasteiger partial charge in [0.05, 0.1) is 0 Å². The number of hydrogen-bond donors (Lipinski definition) is 1. The highest BCUT2D eigenvalue weighted by Crippen LogP contribution is 2.37. The Balaban J connectivity index is 2.05. The molecule has 0 amide bonds. The molecule has 0 aromatic heterocycles. The van der Waals surface area contributed by atoms with E-state index in [1.807, 2.05) is 12.1 Å². The van der Waals surface area contributed by atoms with E-state index in [2.05, 4.69) is 31.3 Å². The molecule has 0 spiro atoms. The summed E-state index contributed by atoms with van der Waals surface area (Å²) in [5.74, 6) is 0. The summed E-state index contributed by atoms with van der Waals surface area (Å²) in [6.45, 7) is 4.72. The number of nitrogens with one attached hydrogen (secondary N) is 1. The van der Waals surface area contributed by atoms with Gasteiger partial charge in [0, 0.05) is 16.8 Å². The average molecular weight is 238 g/mol. The summed E-state index contributed by atoms with van der Waals surface area (Å²) in [5, 5.41) is 4.44. The molecule has 1 saturated carbocycles. The van der Waals surface area contributed by atoms with Gasteiger partial charge in [0.1, 0.15) is 0 Å². The monoisotopic (exact) mass is 237 g/mol. The van der Waals surface area contributed by atoms with Crippen LogP contribution in [-0.4, -0.2) is 6.04 Å². The van der Waals surface area contributed by atoms with Gasteiger partial charge in [-0.05, 0) is 42.5 Å². The van der Waals surface area contributed by atoms with E-state index in [0.29, 0.717) is 11.5 Å². The molecule has 1 nitrogen and oxygen atoms in total. The van der Waals surface area contributed by atoms with Gasteiger partial charge in [0.15, 0.2) is 0 Å². The van der Waals surface area contributed by atoms with Crippen molar-refractivity contribution in [1.29, 1.82) is 0 Å². The van der Waals surface area contributed by atoms with Gasteiger partial charge in [-0.3, -0.25) is 0 Å². The third-order valence-electron chi connectivity index (χ3n) is 3.69. The lowest BCUT2D eigenvalue weighted by atomic mass is 9.73. The van der Waals surface area contributed by atoms with E-state index in [-0.39, 0.29) is 0 Å².